The fourth-order valence-electron chi connectivity index (χ4n) is 6.08. The Morgan fingerprint density at radius 2 is 1.13 bits per heavy atom. The number of fused-ring (bicyclic) bond motifs is 4. The van der Waals surface area contributed by atoms with Crippen molar-refractivity contribution in [3.63, 3.8) is 0 Å². The van der Waals surface area contributed by atoms with E-state index in [0.29, 0.717) is 5.82 Å². The maximum absolute atomic E-state index is 6.47. The molecule has 0 atom stereocenters. The number of thiazole rings is 1. The maximum atomic E-state index is 6.47. The minimum absolute atomic E-state index is 0.683. The largest absolute Gasteiger partial charge is 0.456 e. The van der Waals surface area contributed by atoms with E-state index in [1.165, 1.54) is 15.8 Å². The predicted octanol–water partition coefficient (Wildman–Crippen LogP) is 11.3. The zero-order valence-electron chi connectivity index (χ0n) is 24.6. The van der Waals surface area contributed by atoms with Crippen molar-refractivity contribution in [3.05, 3.63) is 152 Å². The highest BCUT2D eigenvalue weighted by molar-refractivity contribution is 7.21. The molecular weight excluding hydrogens is 583 g/mol. The monoisotopic (exact) mass is 607 g/mol. The molecule has 46 heavy (non-hydrogen) atoms. The normalized spacial score (nSPS) is 11.5. The third-order valence-corrected chi connectivity index (χ3v) is 9.45. The lowest BCUT2D eigenvalue weighted by Crippen LogP contribution is -1.96. The lowest BCUT2D eigenvalue weighted by atomic mass is 9.99. The Balaban J connectivity index is 1.19. The molecule has 3 heterocycles. The summed E-state index contributed by atoms with van der Waals surface area (Å²) in [5, 5.41) is 3.07. The van der Waals surface area contributed by atoms with E-state index in [9.17, 15) is 0 Å². The summed E-state index contributed by atoms with van der Waals surface area (Å²) < 4.78 is 7.64. The van der Waals surface area contributed by atoms with Gasteiger partial charge in [0.05, 0.1) is 21.6 Å². The first-order chi connectivity index (χ1) is 22.8. The SMILES string of the molecule is c1ccc(-c2ccc(-c3cc(-c4cccc5oc6cc(-c7nc8ccccc8s7)ccc6c45)nc(-c4ccccc4)n3)cc2)cc1. The van der Waals surface area contributed by atoms with Crippen molar-refractivity contribution in [1.29, 1.82) is 0 Å². The minimum atomic E-state index is 0.683. The van der Waals surface area contributed by atoms with E-state index in [-0.39, 0.29) is 0 Å². The van der Waals surface area contributed by atoms with Crippen molar-refractivity contribution in [1.82, 2.24) is 15.0 Å². The van der Waals surface area contributed by atoms with Crippen molar-refractivity contribution >= 4 is 43.5 Å². The molecule has 0 aliphatic rings. The van der Waals surface area contributed by atoms with Crippen molar-refractivity contribution < 1.29 is 4.42 Å². The second kappa shape index (κ2) is 10.9. The zero-order chi connectivity index (χ0) is 30.5. The van der Waals surface area contributed by atoms with E-state index < -0.39 is 0 Å². The number of rotatable bonds is 5. The number of nitrogens with zero attached hydrogens (tertiary/aromatic N) is 3. The van der Waals surface area contributed by atoms with Crippen LogP contribution >= 0.6 is 11.3 Å². The highest BCUT2D eigenvalue weighted by Gasteiger charge is 2.18. The Morgan fingerprint density at radius 1 is 0.457 bits per heavy atom. The molecule has 0 aliphatic carbocycles. The number of hydrogen-bond donors (Lipinski definition) is 0. The fraction of sp³-hybridized carbons (Fsp3) is 0. The van der Waals surface area contributed by atoms with Crippen molar-refractivity contribution in [2.45, 2.75) is 0 Å². The third-order valence-electron chi connectivity index (χ3n) is 8.36. The Hall–Kier alpha value is -5.91. The minimum Gasteiger partial charge on any atom is -0.456 e. The van der Waals surface area contributed by atoms with Crippen LogP contribution in [0.2, 0.25) is 0 Å². The van der Waals surface area contributed by atoms with Crippen LogP contribution in [0.25, 0.3) is 87.8 Å². The van der Waals surface area contributed by atoms with Gasteiger partial charge in [-0.05, 0) is 47.5 Å². The first-order valence-corrected chi connectivity index (χ1v) is 16.0. The number of benzene rings is 6. The van der Waals surface area contributed by atoms with Crippen LogP contribution in [0.3, 0.4) is 0 Å². The molecule has 0 spiro atoms. The van der Waals surface area contributed by atoms with Gasteiger partial charge in [0.2, 0.25) is 0 Å². The first kappa shape index (κ1) is 26.5. The summed E-state index contributed by atoms with van der Waals surface area (Å²) in [5.74, 6) is 0.683. The molecule has 9 aromatic rings. The van der Waals surface area contributed by atoms with Crippen LogP contribution in [-0.2, 0) is 0 Å². The highest BCUT2D eigenvalue weighted by atomic mass is 32.1. The molecule has 0 saturated heterocycles. The van der Waals surface area contributed by atoms with E-state index in [4.69, 9.17) is 19.4 Å². The summed E-state index contributed by atoms with van der Waals surface area (Å²) in [5.41, 5.74) is 10.8. The molecular formula is C41H25N3OS. The van der Waals surface area contributed by atoms with Gasteiger partial charge >= 0.3 is 0 Å². The van der Waals surface area contributed by atoms with Crippen LogP contribution < -0.4 is 0 Å². The quantitative estimate of drug-likeness (QED) is 0.195. The third kappa shape index (κ3) is 4.66. The van der Waals surface area contributed by atoms with Crippen molar-refractivity contribution in [3.8, 4) is 55.6 Å². The molecule has 0 saturated carbocycles. The van der Waals surface area contributed by atoms with E-state index in [0.717, 1.165) is 66.1 Å². The molecule has 0 fully saturated rings. The molecule has 0 radical (unpaired) electrons. The van der Waals surface area contributed by atoms with Gasteiger partial charge in [-0.3, -0.25) is 0 Å². The molecule has 3 aromatic heterocycles. The summed E-state index contributed by atoms with van der Waals surface area (Å²) in [6.07, 6.45) is 0. The summed E-state index contributed by atoms with van der Waals surface area (Å²) in [6, 6.07) is 52.1. The fourth-order valence-corrected chi connectivity index (χ4v) is 7.04. The van der Waals surface area contributed by atoms with Gasteiger partial charge in [0.1, 0.15) is 16.2 Å². The lowest BCUT2D eigenvalue weighted by molar-refractivity contribution is 0.669. The zero-order valence-corrected chi connectivity index (χ0v) is 25.4. The average Bonchev–Trinajstić information content (AvgIpc) is 3.74. The van der Waals surface area contributed by atoms with Crippen LogP contribution in [-0.4, -0.2) is 15.0 Å². The van der Waals surface area contributed by atoms with Crippen molar-refractivity contribution in [2.24, 2.45) is 0 Å². The summed E-state index contributed by atoms with van der Waals surface area (Å²) in [7, 11) is 0. The maximum Gasteiger partial charge on any atom is 0.160 e. The van der Waals surface area contributed by atoms with Crippen LogP contribution in [0, 0.1) is 0 Å². The molecule has 0 amide bonds. The number of aromatic nitrogens is 3. The van der Waals surface area contributed by atoms with Crippen molar-refractivity contribution in [2.75, 3.05) is 0 Å². The second-order valence-corrected chi connectivity index (χ2v) is 12.3. The van der Waals surface area contributed by atoms with Gasteiger partial charge in [0, 0.05) is 33.0 Å². The summed E-state index contributed by atoms with van der Waals surface area (Å²) in [4.78, 5) is 15.1. The van der Waals surface area contributed by atoms with Gasteiger partial charge in [-0.15, -0.1) is 11.3 Å². The predicted molar refractivity (Wildman–Crippen MR) is 190 cm³/mol. The summed E-state index contributed by atoms with van der Waals surface area (Å²) in [6.45, 7) is 0. The van der Waals surface area contributed by atoms with E-state index in [2.05, 4.69) is 109 Å². The molecule has 9 rings (SSSR count). The van der Waals surface area contributed by atoms with Gasteiger partial charge in [0.15, 0.2) is 5.82 Å². The Labute approximate surface area is 269 Å². The van der Waals surface area contributed by atoms with Crippen LogP contribution in [0.5, 0.6) is 0 Å². The van der Waals surface area contributed by atoms with Crippen LogP contribution in [0.15, 0.2) is 156 Å². The van der Waals surface area contributed by atoms with Crippen LogP contribution in [0.4, 0.5) is 0 Å². The van der Waals surface area contributed by atoms with Gasteiger partial charge in [0.25, 0.3) is 0 Å². The highest BCUT2D eigenvalue weighted by Crippen LogP contribution is 2.40. The molecule has 216 valence electrons. The second-order valence-electron chi connectivity index (χ2n) is 11.2. The molecule has 0 N–H and O–H groups in total. The Kier molecular flexibility index (Phi) is 6.28. The molecule has 0 unspecified atom stereocenters. The molecule has 0 bridgehead atoms. The summed E-state index contributed by atoms with van der Waals surface area (Å²) >= 11 is 1.69. The van der Waals surface area contributed by atoms with E-state index in [1.807, 2.05) is 42.5 Å². The van der Waals surface area contributed by atoms with Gasteiger partial charge in [-0.1, -0.05) is 115 Å². The Bertz CT molecular complexity index is 2480. The van der Waals surface area contributed by atoms with Gasteiger partial charge in [-0.25, -0.2) is 15.0 Å². The van der Waals surface area contributed by atoms with E-state index in [1.54, 1.807) is 11.3 Å². The number of para-hydroxylation sites is 1. The molecule has 0 aliphatic heterocycles. The average molecular weight is 608 g/mol. The number of hydrogen-bond acceptors (Lipinski definition) is 5. The van der Waals surface area contributed by atoms with Gasteiger partial charge < -0.3 is 4.42 Å². The van der Waals surface area contributed by atoms with Crippen LogP contribution in [0.1, 0.15) is 0 Å². The standard InChI is InChI=1S/C41H25N3OS/c1-3-10-26(11-4-1)27-18-20-28(21-19-27)34-25-35(43-40(42-34)29-12-5-2-6-13-29)31-14-9-16-36-39(31)32-23-22-30(24-37(32)45-36)41-44-33-15-7-8-17-38(33)46-41/h1-25H. The number of furan rings is 1. The first-order valence-electron chi connectivity index (χ1n) is 15.2. The molecule has 4 nitrogen and oxygen atoms in total. The van der Waals surface area contributed by atoms with E-state index >= 15 is 0 Å². The Morgan fingerprint density at radius 3 is 1.93 bits per heavy atom. The molecule has 5 heteroatoms. The topological polar surface area (TPSA) is 51.8 Å². The smallest absolute Gasteiger partial charge is 0.160 e. The van der Waals surface area contributed by atoms with Gasteiger partial charge in [-0.2, -0.15) is 0 Å². The molecule has 6 aromatic carbocycles. The lowest BCUT2D eigenvalue weighted by Gasteiger charge is -2.11.